The molecule has 1 aliphatic heterocycles. The highest BCUT2D eigenvalue weighted by Crippen LogP contribution is 2.29. The molecule has 28 heavy (non-hydrogen) atoms. The second-order valence-corrected chi connectivity index (χ2v) is 7.15. The minimum atomic E-state index is -4.35. The van der Waals surface area contributed by atoms with Crippen LogP contribution in [0.2, 0.25) is 0 Å². The summed E-state index contributed by atoms with van der Waals surface area (Å²) in [6.07, 6.45) is 0.998. The van der Waals surface area contributed by atoms with Crippen molar-refractivity contribution < 1.29 is 23.1 Å². The maximum Gasteiger partial charge on any atom is 0.416 e. The molecule has 0 radical (unpaired) electrons. The van der Waals surface area contributed by atoms with Gasteiger partial charge in [-0.05, 0) is 57.2 Å². The number of likely N-dealkylation sites (N-methyl/N-ethyl adjacent to an activating group) is 1. The Hall–Kier alpha value is -2.39. The third kappa shape index (κ3) is 5.11. The van der Waals surface area contributed by atoms with Crippen LogP contribution < -0.4 is 0 Å². The van der Waals surface area contributed by atoms with E-state index in [0.717, 1.165) is 43.6 Å². The molecule has 1 aromatic heterocycles. The van der Waals surface area contributed by atoms with Gasteiger partial charge in [0.1, 0.15) is 0 Å². The maximum atomic E-state index is 12.7. The van der Waals surface area contributed by atoms with Crippen LogP contribution in [0.25, 0.3) is 5.69 Å². The van der Waals surface area contributed by atoms with Crippen LogP contribution in [0, 0.1) is 0 Å². The van der Waals surface area contributed by atoms with Crippen molar-refractivity contribution in [1.82, 2.24) is 19.6 Å². The lowest BCUT2D eigenvalue weighted by Gasteiger charge is -2.35. The SMILES string of the molecule is CN(CC(=O)O)C1CCN(Cc2cnn(-c3ccc(C(F)(F)F)cc3)c2)CC1. The highest BCUT2D eigenvalue weighted by molar-refractivity contribution is 5.69. The number of carbonyl (C=O) groups is 1. The Kier molecular flexibility index (Phi) is 6.04. The van der Waals surface area contributed by atoms with Gasteiger partial charge in [-0.15, -0.1) is 0 Å². The number of rotatable bonds is 6. The van der Waals surface area contributed by atoms with Gasteiger partial charge in [-0.1, -0.05) is 0 Å². The number of nitrogens with zero attached hydrogens (tertiary/aromatic N) is 4. The normalized spacial score (nSPS) is 16.6. The molecule has 2 aromatic rings. The summed E-state index contributed by atoms with van der Waals surface area (Å²) in [5.41, 5.74) is 0.879. The number of carboxylic acids is 1. The molecule has 9 heteroatoms. The van der Waals surface area contributed by atoms with E-state index >= 15 is 0 Å². The first-order valence-corrected chi connectivity index (χ1v) is 9.08. The van der Waals surface area contributed by atoms with E-state index in [1.54, 1.807) is 10.9 Å². The summed E-state index contributed by atoms with van der Waals surface area (Å²) in [5, 5.41) is 13.2. The van der Waals surface area contributed by atoms with Crippen LogP contribution in [0.3, 0.4) is 0 Å². The molecule has 1 saturated heterocycles. The number of halogens is 3. The summed E-state index contributed by atoms with van der Waals surface area (Å²) in [7, 11) is 1.84. The van der Waals surface area contributed by atoms with Crippen LogP contribution in [0.4, 0.5) is 13.2 Å². The van der Waals surface area contributed by atoms with Gasteiger partial charge < -0.3 is 5.11 Å². The fourth-order valence-corrected chi connectivity index (χ4v) is 3.50. The zero-order chi connectivity index (χ0) is 20.3. The topological polar surface area (TPSA) is 61.6 Å². The van der Waals surface area contributed by atoms with E-state index in [2.05, 4.69) is 10.00 Å². The number of hydrogen-bond acceptors (Lipinski definition) is 4. The van der Waals surface area contributed by atoms with Crippen molar-refractivity contribution in [2.75, 3.05) is 26.7 Å². The van der Waals surface area contributed by atoms with Crippen molar-refractivity contribution in [3.05, 3.63) is 47.8 Å². The van der Waals surface area contributed by atoms with Gasteiger partial charge in [-0.3, -0.25) is 14.6 Å². The van der Waals surface area contributed by atoms with Gasteiger partial charge in [0, 0.05) is 24.3 Å². The van der Waals surface area contributed by atoms with Crippen LogP contribution in [0.1, 0.15) is 24.0 Å². The third-order valence-electron chi connectivity index (χ3n) is 5.07. The zero-order valence-corrected chi connectivity index (χ0v) is 15.6. The smallest absolute Gasteiger partial charge is 0.416 e. The van der Waals surface area contributed by atoms with Crippen LogP contribution in [-0.4, -0.2) is 63.4 Å². The summed E-state index contributed by atoms with van der Waals surface area (Å²) in [5.74, 6) is -0.819. The summed E-state index contributed by atoms with van der Waals surface area (Å²) in [6.45, 7) is 2.47. The van der Waals surface area contributed by atoms with Crippen molar-refractivity contribution in [1.29, 1.82) is 0 Å². The Bertz CT molecular complexity index is 796. The van der Waals surface area contributed by atoms with Crippen molar-refractivity contribution in [3.63, 3.8) is 0 Å². The van der Waals surface area contributed by atoms with E-state index in [-0.39, 0.29) is 12.6 Å². The molecule has 1 fully saturated rings. The first-order chi connectivity index (χ1) is 13.2. The molecule has 152 valence electrons. The predicted molar refractivity (Wildman–Crippen MR) is 97.1 cm³/mol. The average molecular weight is 396 g/mol. The molecule has 1 aromatic carbocycles. The van der Waals surface area contributed by atoms with Gasteiger partial charge >= 0.3 is 12.1 Å². The molecular formula is C19H23F3N4O2. The summed E-state index contributed by atoms with van der Waals surface area (Å²) in [4.78, 5) is 15.0. The second-order valence-electron chi connectivity index (χ2n) is 7.15. The van der Waals surface area contributed by atoms with Gasteiger partial charge in [0.15, 0.2) is 0 Å². The van der Waals surface area contributed by atoms with Gasteiger partial charge in [-0.25, -0.2) is 4.68 Å². The lowest BCUT2D eigenvalue weighted by atomic mass is 10.0. The van der Waals surface area contributed by atoms with E-state index < -0.39 is 17.7 Å². The molecule has 6 nitrogen and oxygen atoms in total. The fraction of sp³-hybridized carbons (Fsp3) is 0.474. The van der Waals surface area contributed by atoms with Gasteiger partial charge in [0.25, 0.3) is 0 Å². The Morgan fingerprint density at radius 1 is 1.25 bits per heavy atom. The minimum absolute atomic E-state index is 0.0462. The van der Waals surface area contributed by atoms with Crippen LogP contribution in [-0.2, 0) is 17.5 Å². The van der Waals surface area contributed by atoms with Crippen molar-refractivity contribution in [2.45, 2.75) is 31.6 Å². The lowest BCUT2D eigenvalue weighted by Crippen LogP contribution is -2.44. The largest absolute Gasteiger partial charge is 0.480 e. The van der Waals surface area contributed by atoms with Gasteiger partial charge in [0.2, 0.25) is 0 Å². The maximum absolute atomic E-state index is 12.7. The summed E-state index contributed by atoms with van der Waals surface area (Å²) < 4.78 is 39.6. The average Bonchev–Trinajstić information content (AvgIpc) is 3.09. The molecule has 0 spiro atoms. The molecule has 2 heterocycles. The molecule has 0 saturated carbocycles. The molecular weight excluding hydrogens is 373 g/mol. The molecule has 0 bridgehead atoms. The Labute approximate surface area is 161 Å². The summed E-state index contributed by atoms with van der Waals surface area (Å²) in [6, 6.07) is 5.18. The highest BCUT2D eigenvalue weighted by atomic mass is 19.4. The van der Waals surface area contributed by atoms with Crippen molar-refractivity contribution >= 4 is 5.97 Å². The van der Waals surface area contributed by atoms with E-state index in [1.165, 1.54) is 12.1 Å². The standard InChI is InChI=1S/C19H23F3N4O2/c1-24(13-18(27)28)16-6-8-25(9-7-16)11-14-10-23-26(12-14)17-4-2-15(3-5-17)19(20,21)22/h2-5,10,12,16H,6-9,11,13H2,1H3,(H,27,28). The minimum Gasteiger partial charge on any atom is -0.480 e. The number of carboxylic acid groups (broad SMARTS) is 1. The Balaban J connectivity index is 1.55. The lowest BCUT2D eigenvalue weighted by molar-refractivity contribution is -0.139. The van der Waals surface area contributed by atoms with Gasteiger partial charge in [0.05, 0.1) is 24.0 Å². The second kappa shape index (κ2) is 8.32. The third-order valence-corrected chi connectivity index (χ3v) is 5.07. The number of piperidine rings is 1. The molecule has 1 N–H and O–H groups in total. The molecule has 0 atom stereocenters. The zero-order valence-electron chi connectivity index (χ0n) is 15.6. The van der Waals surface area contributed by atoms with Crippen LogP contribution in [0.5, 0.6) is 0 Å². The first kappa shape index (κ1) is 20.3. The quantitative estimate of drug-likeness (QED) is 0.814. The van der Waals surface area contributed by atoms with Gasteiger partial charge in [-0.2, -0.15) is 18.3 Å². The molecule has 0 amide bonds. The fourth-order valence-electron chi connectivity index (χ4n) is 3.50. The Morgan fingerprint density at radius 3 is 2.46 bits per heavy atom. The summed E-state index contributed by atoms with van der Waals surface area (Å²) >= 11 is 0. The van der Waals surface area contributed by atoms with E-state index in [0.29, 0.717) is 12.2 Å². The molecule has 0 aliphatic carbocycles. The Morgan fingerprint density at radius 2 is 1.89 bits per heavy atom. The number of aromatic nitrogens is 2. The highest BCUT2D eigenvalue weighted by Gasteiger charge is 2.30. The number of likely N-dealkylation sites (tertiary alicyclic amines) is 1. The number of alkyl halides is 3. The first-order valence-electron chi connectivity index (χ1n) is 9.08. The number of hydrogen-bond donors (Lipinski definition) is 1. The van der Waals surface area contributed by atoms with E-state index in [4.69, 9.17) is 5.11 Å². The molecule has 3 rings (SSSR count). The monoisotopic (exact) mass is 396 g/mol. The van der Waals surface area contributed by atoms with Crippen LogP contribution in [0.15, 0.2) is 36.7 Å². The van der Waals surface area contributed by atoms with Crippen molar-refractivity contribution in [3.8, 4) is 5.69 Å². The molecule has 1 aliphatic rings. The number of aliphatic carboxylic acids is 1. The van der Waals surface area contributed by atoms with E-state index in [9.17, 15) is 18.0 Å². The van der Waals surface area contributed by atoms with E-state index in [1.807, 2.05) is 18.1 Å². The van der Waals surface area contributed by atoms with Crippen LogP contribution >= 0.6 is 0 Å². The predicted octanol–water partition coefficient (Wildman–Crippen LogP) is 2.87. The molecule has 0 unspecified atom stereocenters. The number of benzene rings is 1. The van der Waals surface area contributed by atoms with Crippen molar-refractivity contribution in [2.24, 2.45) is 0 Å².